The van der Waals surface area contributed by atoms with Gasteiger partial charge in [-0.2, -0.15) is 0 Å². The van der Waals surface area contributed by atoms with E-state index >= 15 is 0 Å². The van der Waals surface area contributed by atoms with E-state index in [1.54, 1.807) is 0 Å². The van der Waals surface area contributed by atoms with Crippen LogP contribution in [-0.4, -0.2) is 36.4 Å². The highest BCUT2D eigenvalue weighted by atomic mass is 16.6. The third-order valence-electron chi connectivity index (χ3n) is 18.3. The first-order valence-electron chi connectivity index (χ1n) is 40.9. The molecule has 0 saturated heterocycles. The topological polar surface area (TPSA) is 72.8 Å². The van der Waals surface area contributed by atoms with Gasteiger partial charge in [0.1, 0.15) is 6.61 Å². The van der Waals surface area contributed by atoms with E-state index in [9.17, 15) is 14.7 Å². The quantitative estimate of drug-likeness (QED) is 0.0373. The molecular weight excluding hydrogens is 1140 g/mol. The minimum absolute atomic E-state index is 0.0670. The summed E-state index contributed by atoms with van der Waals surface area (Å²) in [5.41, 5.74) is 0. The Kier molecular flexibility index (Phi) is 79.7. The highest BCUT2D eigenvalue weighted by molar-refractivity contribution is 5.70. The second-order valence-corrected chi connectivity index (χ2v) is 27.5. The molecule has 1 N–H and O–H groups in total. The lowest BCUT2D eigenvalue weighted by molar-refractivity contribution is -0.161. The number of rotatable bonds is 76. The van der Waals surface area contributed by atoms with Gasteiger partial charge in [0.15, 0.2) is 6.10 Å². The molecule has 0 aromatic heterocycles. The molecule has 0 aromatic rings. The molecule has 1 unspecified atom stereocenters. The second-order valence-electron chi connectivity index (χ2n) is 27.5. The molecule has 0 bridgehead atoms. The fourth-order valence-electron chi connectivity index (χ4n) is 12.3. The zero-order valence-electron chi connectivity index (χ0n) is 62.0. The molecule has 0 radical (unpaired) electrons. The van der Waals surface area contributed by atoms with Crippen molar-refractivity contribution < 1.29 is 24.2 Å². The number of unbranched alkanes of at least 4 members (excludes halogenated alkanes) is 50. The van der Waals surface area contributed by atoms with Crippen LogP contribution in [0.25, 0.3) is 0 Å². The maximum absolute atomic E-state index is 12.4. The summed E-state index contributed by atoms with van der Waals surface area (Å²) >= 11 is 0. The normalized spacial score (nSPS) is 12.8. The van der Waals surface area contributed by atoms with Crippen LogP contribution in [0.1, 0.15) is 418 Å². The van der Waals surface area contributed by atoms with Crippen molar-refractivity contribution in [2.45, 2.75) is 424 Å². The Bertz CT molecular complexity index is 1760. The molecule has 0 heterocycles. The van der Waals surface area contributed by atoms with E-state index in [1.807, 2.05) is 0 Å². The van der Waals surface area contributed by atoms with Crippen molar-refractivity contribution in [1.29, 1.82) is 0 Å². The van der Waals surface area contributed by atoms with Crippen LogP contribution in [0.15, 0.2) is 109 Å². The Morgan fingerprint density at radius 2 is 0.462 bits per heavy atom. The van der Waals surface area contributed by atoms with Crippen LogP contribution in [0.2, 0.25) is 0 Å². The van der Waals surface area contributed by atoms with Gasteiger partial charge in [-0.05, 0) is 83.5 Å². The Balaban J connectivity index is 3.44. The molecule has 93 heavy (non-hydrogen) atoms. The van der Waals surface area contributed by atoms with E-state index in [-0.39, 0.29) is 25.2 Å². The standard InChI is InChI=1S/C88H156O5/c1-3-5-7-9-11-13-15-17-19-21-23-25-27-29-31-33-35-37-39-41-43-45-46-48-50-52-54-56-58-60-62-64-66-68-70-72-74-76-78-80-82-87(90)92-85-86(84-89)93-88(91)83-81-79-77-75-73-71-69-67-65-63-61-59-57-55-53-51-49-47-44-42-40-38-36-34-32-30-28-26-24-22-20-18-16-14-12-10-8-6-4-2/h6,8,12,14,18,20,24,26,30,32,36,38,42,44,49,51,55,57,86,89H,3-5,7,9-11,13,15-17,19,21-23,25,27-29,31,33-35,37,39-41,43,45-48,50,52-54,56,58-85H2,1-2H3/b8-6-,14-12-,20-18-,26-24-,32-30-,38-36-,44-42-,51-49-,57-55-. The first-order chi connectivity index (χ1) is 46.1. The highest BCUT2D eigenvalue weighted by Crippen LogP contribution is 2.20. The number of carbonyl (C=O) groups excluding carboxylic acids is 2. The van der Waals surface area contributed by atoms with Gasteiger partial charge in [0.2, 0.25) is 0 Å². The van der Waals surface area contributed by atoms with Gasteiger partial charge in [-0.15, -0.1) is 0 Å². The van der Waals surface area contributed by atoms with Gasteiger partial charge in [0, 0.05) is 12.8 Å². The number of aliphatic hydroxyl groups is 1. The van der Waals surface area contributed by atoms with E-state index < -0.39 is 6.10 Å². The van der Waals surface area contributed by atoms with Crippen molar-refractivity contribution in [3.05, 3.63) is 109 Å². The summed E-state index contributed by atoms with van der Waals surface area (Å²) in [6, 6.07) is 0. The smallest absolute Gasteiger partial charge is 0.306 e. The summed E-state index contributed by atoms with van der Waals surface area (Å²) in [6.07, 6.45) is 120. The lowest BCUT2D eigenvalue weighted by Crippen LogP contribution is -2.28. The molecule has 0 amide bonds. The van der Waals surface area contributed by atoms with Crippen molar-refractivity contribution in [1.82, 2.24) is 0 Å². The minimum atomic E-state index is -0.780. The Hall–Kier alpha value is -3.44. The molecule has 0 aromatic carbocycles. The molecule has 0 aliphatic rings. The molecule has 5 nitrogen and oxygen atoms in total. The van der Waals surface area contributed by atoms with Gasteiger partial charge in [0.25, 0.3) is 0 Å². The van der Waals surface area contributed by atoms with Crippen LogP contribution in [0.3, 0.4) is 0 Å². The number of ether oxygens (including phenoxy) is 2. The second kappa shape index (κ2) is 82.8. The molecule has 0 aliphatic carbocycles. The first kappa shape index (κ1) is 89.6. The average Bonchev–Trinajstić information content (AvgIpc) is 3.62. The third-order valence-corrected chi connectivity index (χ3v) is 18.3. The van der Waals surface area contributed by atoms with Gasteiger partial charge < -0.3 is 14.6 Å². The monoisotopic (exact) mass is 1290 g/mol. The fourth-order valence-corrected chi connectivity index (χ4v) is 12.3. The van der Waals surface area contributed by atoms with Crippen molar-refractivity contribution in [2.75, 3.05) is 13.2 Å². The predicted octanol–water partition coefficient (Wildman–Crippen LogP) is 29.1. The minimum Gasteiger partial charge on any atom is -0.462 e. The third kappa shape index (κ3) is 80.9. The van der Waals surface area contributed by atoms with Gasteiger partial charge in [-0.3, -0.25) is 9.59 Å². The fraction of sp³-hybridized carbons (Fsp3) is 0.773. The number of carbonyl (C=O) groups is 2. The van der Waals surface area contributed by atoms with E-state index in [0.29, 0.717) is 12.8 Å². The zero-order valence-corrected chi connectivity index (χ0v) is 62.0. The lowest BCUT2D eigenvalue weighted by Gasteiger charge is -2.15. The van der Waals surface area contributed by atoms with Crippen LogP contribution in [-0.2, 0) is 19.1 Å². The van der Waals surface area contributed by atoms with Crippen molar-refractivity contribution in [2.24, 2.45) is 0 Å². The molecule has 0 fully saturated rings. The number of hydrogen-bond donors (Lipinski definition) is 1. The van der Waals surface area contributed by atoms with Crippen molar-refractivity contribution in [3.8, 4) is 0 Å². The number of aliphatic hydroxyl groups excluding tert-OH is 1. The van der Waals surface area contributed by atoms with E-state index in [0.717, 1.165) is 96.3 Å². The summed E-state index contributed by atoms with van der Waals surface area (Å²) in [4.78, 5) is 24.7. The SMILES string of the molecule is CC/C=C\C/C=C\C/C=C\C/C=C\C/C=C\C/C=C\C/C=C\C/C=C\C/C=C\CCCCCCCCCCCCCC(=O)OC(CO)COC(=O)CCCCCCCCCCCCCCCCCCCCCCCCCCCCCCCCCCCCCCCCCC. The van der Waals surface area contributed by atoms with Crippen LogP contribution in [0.5, 0.6) is 0 Å². The lowest BCUT2D eigenvalue weighted by atomic mass is 10.0. The molecule has 0 spiro atoms. The van der Waals surface area contributed by atoms with Crippen LogP contribution in [0, 0.1) is 0 Å². The largest absolute Gasteiger partial charge is 0.462 e. The number of hydrogen-bond acceptors (Lipinski definition) is 5. The number of allylic oxidation sites excluding steroid dienone is 18. The molecule has 538 valence electrons. The van der Waals surface area contributed by atoms with E-state index in [2.05, 4.69) is 123 Å². The van der Waals surface area contributed by atoms with Gasteiger partial charge in [-0.1, -0.05) is 431 Å². The zero-order chi connectivity index (χ0) is 66.8. The summed E-state index contributed by atoms with van der Waals surface area (Å²) in [7, 11) is 0. The Labute approximate surface area is 580 Å². The highest BCUT2D eigenvalue weighted by Gasteiger charge is 2.16. The maximum atomic E-state index is 12.4. The van der Waals surface area contributed by atoms with E-state index in [4.69, 9.17) is 9.47 Å². The van der Waals surface area contributed by atoms with Crippen molar-refractivity contribution >= 4 is 11.9 Å². The molecule has 1 atom stereocenters. The Morgan fingerprint density at radius 3 is 0.699 bits per heavy atom. The van der Waals surface area contributed by atoms with E-state index in [1.165, 1.54) is 295 Å². The first-order valence-corrected chi connectivity index (χ1v) is 40.9. The summed E-state index contributed by atoms with van der Waals surface area (Å²) < 4.78 is 10.8. The van der Waals surface area contributed by atoms with Gasteiger partial charge >= 0.3 is 11.9 Å². The molecule has 0 aliphatic heterocycles. The molecular formula is C88H156O5. The van der Waals surface area contributed by atoms with Gasteiger partial charge in [-0.25, -0.2) is 0 Å². The van der Waals surface area contributed by atoms with Crippen LogP contribution >= 0.6 is 0 Å². The molecule has 0 saturated carbocycles. The summed E-state index contributed by atoms with van der Waals surface area (Å²) in [5.74, 6) is -0.580. The number of esters is 2. The maximum Gasteiger partial charge on any atom is 0.306 e. The molecule has 0 rings (SSSR count). The van der Waals surface area contributed by atoms with Crippen LogP contribution in [0.4, 0.5) is 0 Å². The van der Waals surface area contributed by atoms with Crippen molar-refractivity contribution in [3.63, 3.8) is 0 Å². The molecule has 5 heteroatoms. The average molecular weight is 1290 g/mol. The summed E-state index contributed by atoms with van der Waals surface area (Å²) in [6.45, 7) is 4.07. The van der Waals surface area contributed by atoms with Gasteiger partial charge in [0.05, 0.1) is 6.61 Å². The summed E-state index contributed by atoms with van der Waals surface area (Å²) in [5, 5.41) is 9.73. The Morgan fingerprint density at radius 1 is 0.258 bits per heavy atom. The predicted molar refractivity (Wildman–Crippen MR) is 412 cm³/mol. The van der Waals surface area contributed by atoms with Crippen LogP contribution < -0.4 is 0 Å².